The lowest BCUT2D eigenvalue weighted by molar-refractivity contribution is -0.141. The summed E-state index contributed by atoms with van der Waals surface area (Å²) in [5.74, 6) is 3.65. The first-order valence-corrected chi connectivity index (χ1v) is 22.8. The molecule has 2 aromatic carbocycles. The van der Waals surface area contributed by atoms with E-state index in [0.29, 0.717) is 41.8 Å². The van der Waals surface area contributed by atoms with Crippen molar-refractivity contribution in [2.24, 2.45) is 52.3 Å². The maximum atomic E-state index is 11.7. The zero-order valence-electron chi connectivity index (χ0n) is 34.0. The van der Waals surface area contributed by atoms with Crippen molar-refractivity contribution in [3.63, 3.8) is 0 Å². The van der Waals surface area contributed by atoms with Crippen molar-refractivity contribution in [1.82, 2.24) is 0 Å². The molecule has 0 aliphatic heterocycles. The number of rotatable bonds is 12. The molecule has 10 atom stereocenters. The van der Waals surface area contributed by atoms with Gasteiger partial charge in [-0.2, -0.15) is 0 Å². The molecule has 0 spiro atoms. The molecule has 286 valence electrons. The van der Waals surface area contributed by atoms with E-state index in [1.165, 1.54) is 67.8 Å². The molecule has 1 N–H and O–H groups in total. The van der Waals surface area contributed by atoms with E-state index in [1.807, 2.05) is 0 Å². The van der Waals surface area contributed by atoms with Crippen LogP contribution in [0.2, 0.25) is 5.04 Å². The molecule has 0 heterocycles. The fourth-order valence-corrected chi connectivity index (χ4v) is 17.1. The van der Waals surface area contributed by atoms with Crippen LogP contribution in [0.5, 0.6) is 0 Å². The van der Waals surface area contributed by atoms with Crippen molar-refractivity contribution in [3.8, 4) is 0 Å². The highest BCUT2D eigenvalue weighted by molar-refractivity contribution is 6.99. The Balaban J connectivity index is 1.15. The fourth-order valence-electron chi connectivity index (χ4n) is 12.4. The summed E-state index contributed by atoms with van der Waals surface area (Å²) in [6, 6.07) is 22.4. The van der Waals surface area contributed by atoms with E-state index in [-0.39, 0.29) is 28.4 Å². The van der Waals surface area contributed by atoms with Gasteiger partial charge in [0, 0.05) is 18.9 Å². The first-order valence-electron chi connectivity index (χ1n) is 20.9. The Morgan fingerprint density at radius 2 is 1.54 bits per heavy atom. The van der Waals surface area contributed by atoms with Gasteiger partial charge >= 0.3 is 5.97 Å². The predicted molar refractivity (Wildman–Crippen MR) is 217 cm³/mol. The third-order valence-electron chi connectivity index (χ3n) is 15.4. The summed E-state index contributed by atoms with van der Waals surface area (Å²) >= 11 is 0. The lowest BCUT2D eigenvalue weighted by Crippen LogP contribution is -2.68. The van der Waals surface area contributed by atoms with E-state index in [0.717, 1.165) is 31.1 Å². The molecule has 4 aliphatic rings. The van der Waals surface area contributed by atoms with Gasteiger partial charge in [0.25, 0.3) is 8.32 Å². The number of aliphatic hydroxyl groups is 1. The van der Waals surface area contributed by atoms with E-state index in [4.69, 9.17) is 9.16 Å². The number of fused-ring (bicyclic) bond motifs is 5. The van der Waals surface area contributed by atoms with Crippen LogP contribution in [0, 0.1) is 52.3 Å². The van der Waals surface area contributed by atoms with Gasteiger partial charge < -0.3 is 14.3 Å². The van der Waals surface area contributed by atoms with E-state index in [1.54, 1.807) is 0 Å². The van der Waals surface area contributed by atoms with Gasteiger partial charge in [-0.05, 0) is 126 Å². The number of aliphatic hydroxyl groups excluding tert-OH is 1. The van der Waals surface area contributed by atoms with E-state index in [2.05, 4.69) is 122 Å². The van der Waals surface area contributed by atoms with Crippen LogP contribution in [-0.2, 0) is 14.0 Å². The van der Waals surface area contributed by atoms with Crippen LogP contribution < -0.4 is 10.4 Å². The van der Waals surface area contributed by atoms with Gasteiger partial charge in [-0.1, -0.05) is 128 Å². The van der Waals surface area contributed by atoms with Gasteiger partial charge in [-0.3, -0.25) is 4.79 Å². The minimum atomic E-state index is -2.58. The molecule has 5 heteroatoms. The standard InChI is InChI=1S/C47H70O4Si/c1-32(2)35(26-29-50-34(4)48)30-44(49)33(3)41-22-23-42-40-21-20-36-31-37(24-27-46(36,8)43(40)25-28-47(41,42)9)51-52(45(5,6)7,38-16-12-10-13-17-38)39-18-14-11-15-19-39/h10-19,22,32-33,35-37,40,42-44,49H,20-21,23-31H2,1-9H3/t33-,35+,36-,37-,40-,42-,43-,44-,46-,47+/m0/s1. The number of esters is 1. The predicted octanol–water partition coefficient (Wildman–Crippen LogP) is 10.1. The number of carbonyl (C=O) groups is 1. The molecule has 0 saturated heterocycles. The van der Waals surface area contributed by atoms with E-state index < -0.39 is 8.32 Å². The lowest BCUT2D eigenvalue weighted by atomic mass is 9.44. The monoisotopic (exact) mass is 727 g/mol. The molecule has 0 radical (unpaired) electrons. The first-order chi connectivity index (χ1) is 24.6. The molecule has 3 saturated carbocycles. The second-order valence-corrected chi connectivity index (χ2v) is 23.7. The average molecular weight is 727 g/mol. The molecule has 0 unspecified atom stereocenters. The third-order valence-corrected chi connectivity index (χ3v) is 20.5. The molecule has 2 aromatic rings. The van der Waals surface area contributed by atoms with Gasteiger partial charge in [0.2, 0.25) is 0 Å². The summed E-state index contributed by atoms with van der Waals surface area (Å²) in [4.78, 5) is 11.4. The normalized spacial score (nSPS) is 32.2. The zero-order valence-corrected chi connectivity index (χ0v) is 35.0. The molecule has 3 fully saturated rings. The van der Waals surface area contributed by atoms with Crippen molar-refractivity contribution >= 4 is 24.7 Å². The minimum Gasteiger partial charge on any atom is -0.466 e. The molecule has 0 aromatic heterocycles. The maximum absolute atomic E-state index is 11.7. The number of hydrogen-bond donors (Lipinski definition) is 1. The number of hydrogen-bond acceptors (Lipinski definition) is 4. The lowest BCUT2D eigenvalue weighted by Gasteiger charge is -2.61. The highest BCUT2D eigenvalue weighted by atomic mass is 28.4. The molecule has 0 amide bonds. The number of benzene rings is 2. The smallest absolute Gasteiger partial charge is 0.302 e. The molecule has 4 aliphatic carbocycles. The Labute approximate surface area is 317 Å². The summed E-state index contributed by atoms with van der Waals surface area (Å²) in [7, 11) is -2.58. The average Bonchev–Trinajstić information content (AvgIpc) is 3.47. The van der Waals surface area contributed by atoms with Crippen LogP contribution in [0.4, 0.5) is 0 Å². The Morgan fingerprint density at radius 1 is 0.904 bits per heavy atom. The van der Waals surface area contributed by atoms with Crippen molar-refractivity contribution in [2.45, 2.75) is 144 Å². The van der Waals surface area contributed by atoms with Gasteiger partial charge in [0.15, 0.2) is 0 Å². The van der Waals surface area contributed by atoms with Crippen molar-refractivity contribution in [3.05, 3.63) is 72.3 Å². The van der Waals surface area contributed by atoms with Crippen LogP contribution in [0.15, 0.2) is 72.3 Å². The fraction of sp³-hybridized carbons (Fsp3) is 0.681. The van der Waals surface area contributed by atoms with Gasteiger partial charge in [-0.15, -0.1) is 0 Å². The molecule has 6 rings (SSSR count). The third kappa shape index (κ3) is 7.29. The highest BCUT2D eigenvalue weighted by Gasteiger charge is 2.60. The molecule has 4 nitrogen and oxygen atoms in total. The molecular weight excluding hydrogens is 657 g/mol. The van der Waals surface area contributed by atoms with Gasteiger partial charge in [0.05, 0.1) is 12.7 Å². The quantitative estimate of drug-likeness (QED) is 0.134. The zero-order chi connectivity index (χ0) is 37.5. The Morgan fingerprint density at radius 3 is 2.12 bits per heavy atom. The van der Waals surface area contributed by atoms with Crippen molar-refractivity contribution in [1.29, 1.82) is 0 Å². The van der Waals surface area contributed by atoms with Crippen LogP contribution in [0.25, 0.3) is 0 Å². The molecule has 0 bridgehead atoms. The number of ether oxygens (including phenoxy) is 1. The van der Waals surface area contributed by atoms with E-state index >= 15 is 0 Å². The van der Waals surface area contributed by atoms with Crippen LogP contribution in [-0.4, -0.2) is 38.2 Å². The van der Waals surface area contributed by atoms with Crippen LogP contribution in [0.1, 0.15) is 127 Å². The Hall–Kier alpha value is -2.21. The summed E-state index contributed by atoms with van der Waals surface area (Å²) in [5.41, 5.74) is 2.08. The highest BCUT2D eigenvalue weighted by Crippen LogP contribution is 2.67. The van der Waals surface area contributed by atoms with Crippen LogP contribution >= 0.6 is 0 Å². The Kier molecular flexibility index (Phi) is 11.8. The summed E-state index contributed by atoms with van der Waals surface area (Å²) in [6.07, 6.45) is 14.0. The summed E-state index contributed by atoms with van der Waals surface area (Å²) in [6.45, 7) is 21.1. The largest absolute Gasteiger partial charge is 0.466 e. The van der Waals surface area contributed by atoms with Crippen molar-refractivity contribution in [2.75, 3.05) is 6.61 Å². The van der Waals surface area contributed by atoms with Crippen molar-refractivity contribution < 1.29 is 19.1 Å². The second-order valence-electron chi connectivity index (χ2n) is 19.4. The number of carbonyl (C=O) groups excluding carboxylic acids is 1. The topological polar surface area (TPSA) is 55.8 Å². The van der Waals surface area contributed by atoms with Crippen LogP contribution in [0.3, 0.4) is 0 Å². The minimum absolute atomic E-state index is 0.000553. The molecule has 52 heavy (non-hydrogen) atoms. The van der Waals surface area contributed by atoms with Gasteiger partial charge in [-0.25, -0.2) is 0 Å². The summed E-state index contributed by atoms with van der Waals surface area (Å²) < 4.78 is 13.0. The molecular formula is C47H70O4Si. The second kappa shape index (κ2) is 15.5. The summed E-state index contributed by atoms with van der Waals surface area (Å²) in [5, 5.41) is 14.5. The first kappa shape index (κ1) is 39.5. The Bertz CT molecular complexity index is 1490. The van der Waals surface area contributed by atoms with E-state index in [9.17, 15) is 9.90 Å². The SMILES string of the molecule is CC(=O)OCC[C@H](C[C@H](O)[C@@H](C)C1=CC[C@H]2[C@@H]3CC[C@H]4C[C@@H](O[Si](c5ccccc5)(c5ccccc5)C(C)(C)C)CC[C@]4(C)[C@H]3CC[C@]12C)C(C)C. The number of allylic oxidation sites excluding steroid dienone is 1. The van der Waals surface area contributed by atoms with Gasteiger partial charge in [0.1, 0.15) is 0 Å². The maximum Gasteiger partial charge on any atom is 0.302 e.